The van der Waals surface area contributed by atoms with Gasteiger partial charge in [-0.2, -0.15) is 5.01 Å². The summed E-state index contributed by atoms with van der Waals surface area (Å²) in [6.07, 6.45) is 1.31. The number of methoxy groups -OCH3 is 1. The van der Waals surface area contributed by atoms with E-state index in [-0.39, 0.29) is 12.4 Å². The molecule has 0 bridgehead atoms. The number of nitrogens with zero attached hydrogens (tertiary/aromatic N) is 3. The number of hydrogen-bond donors (Lipinski definition) is 1. The number of carbonyl (C=O) groups excluding carboxylic acids is 2. The number of carbonyl (C=O) groups is 2. The van der Waals surface area contributed by atoms with Crippen LogP contribution in [0.3, 0.4) is 0 Å². The first kappa shape index (κ1) is 22.4. The van der Waals surface area contributed by atoms with Gasteiger partial charge in [-0.05, 0) is 24.6 Å². The van der Waals surface area contributed by atoms with E-state index in [1.54, 1.807) is 14.0 Å². The van der Waals surface area contributed by atoms with Crippen molar-refractivity contribution < 1.29 is 14.3 Å². The first-order chi connectivity index (χ1) is 15.5. The van der Waals surface area contributed by atoms with Crippen molar-refractivity contribution in [1.29, 1.82) is 0 Å². The number of aromatic nitrogens is 2. The van der Waals surface area contributed by atoms with E-state index < -0.39 is 11.8 Å². The van der Waals surface area contributed by atoms with Gasteiger partial charge in [0.15, 0.2) is 11.6 Å². The van der Waals surface area contributed by atoms with Crippen molar-refractivity contribution in [3.05, 3.63) is 71.6 Å². The van der Waals surface area contributed by atoms with Crippen molar-refractivity contribution >= 4 is 51.6 Å². The number of rotatable bonds is 5. The maximum Gasteiger partial charge on any atom is 0.275 e. The van der Waals surface area contributed by atoms with Crippen molar-refractivity contribution in [2.45, 2.75) is 6.92 Å². The average molecular weight is 479 g/mol. The quantitative estimate of drug-likeness (QED) is 0.402. The van der Waals surface area contributed by atoms with Crippen molar-refractivity contribution in [3.8, 4) is 28.3 Å². The summed E-state index contributed by atoms with van der Waals surface area (Å²) >= 11 is 1.48. The van der Waals surface area contributed by atoms with E-state index in [0.717, 1.165) is 31.9 Å². The summed E-state index contributed by atoms with van der Waals surface area (Å²) in [5, 5.41) is 3.74. The molecule has 166 valence electrons. The number of amides is 2. The summed E-state index contributed by atoms with van der Waals surface area (Å²) in [5.74, 6) is 0.698. The lowest BCUT2D eigenvalue weighted by Gasteiger charge is -2.18. The normalized spacial score (nSPS) is 13.2. The minimum atomic E-state index is -0.432. The first-order valence-electron chi connectivity index (χ1n) is 9.87. The Kier molecular flexibility index (Phi) is 6.13. The molecule has 5 rings (SSSR count). The van der Waals surface area contributed by atoms with Crippen LogP contribution in [0, 0.1) is 0 Å². The molecular weight excluding hydrogens is 460 g/mol. The number of anilines is 1. The molecule has 0 aliphatic carbocycles. The second-order valence-corrected chi connectivity index (χ2v) is 8.10. The van der Waals surface area contributed by atoms with Gasteiger partial charge in [-0.3, -0.25) is 15.0 Å². The van der Waals surface area contributed by atoms with Crippen molar-refractivity contribution in [1.82, 2.24) is 15.0 Å². The van der Waals surface area contributed by atoms with Crippen LogP contribution in [0.1, 0.15) is 6.92 Å². The zero-order valence-electron chi connectivity index (χ0n) is 17.7. The molecule has 0 atom stereocenters. The van der Waals surface area contributed by atoms with Crippen LogP contribution in [0.25, 0.3) is 32.7 Å². The number of nitrogens with one attached hydrogen (secondary N) is 1. The second kappa shape index (κ2) is 9.01. The van der Waals surface area contributed by atoms with Gasteiger partial charge < -0.3 is 4.74 Å². The Labute approximate surface area is 200 Å². The largest absolute Gasteiger partial charge is 0.497 e. The summed E-state index contributed by atoms with van der Waals surface area (Å²) in [7, 11) is 1.60. The Morgan fingerprint density at radius 2 is 1.76 bits per heavy atom. The SMILES string of the molecule is COc1cccc(-c2nc(NN3C(=O)C=C(C)C3=O)c3c(-c4ccccc4)csc3n2)c1.Cl. The third-order valence-corrected chi connectivity index (χ3v) is 6.04. The van der Waals surface area contributed by atoms with Crippen LogP contribution in [-0.4, -0.2) is 33.9 Å². The number of hydrogen-bond acceptors (Lipinski definition) is 7. The van der Waals surface area contributed by atoms with E-state index in [9.17, 15) is 9.59 Å². The molecule has 2 aromatic heterocycles. The van der Waals surface area contributed by atoms with Crippen molar-refractivity contribution in [3.63, 3.8) is 0 Å². The highest BCUT2D eigenvalue weighted by Gasteiger charge is 2.30. The predicted molar refractivity (Wildman–Crippen MR) is 131 cm³/mol. The maximum absolute atomic E-state index is 12.5. The van der Waals surface area contributed by atoms with E-state index in [2.05, 4.69) is 5.43 Å². The topological polar surface area (TPSA) is 84.4 Å². The van der Waals surface area contributed by atoms with Gasteiger partial charge in [0.25, 0.3) is 11.8 Å². The Morgan fingerprint density at radius 1 is 1.00 bits per heavy atom. The summed E-state index contributed by atoms with van der Waals surface area (Å²) in [4.78, 5) is 35.1. The zero-order valence-corrected chi connectivity index (χ0v) is 19.4. The third kappa shape index (κ3) is 4.06. The maximum atomic E-state index is 12.5. The van der Waals surface area contributed by atoms with Crippen LogP contribution in [0.4, 0.5) is 5.82 Å². The minimum Gasteiger partial charge on any atom is -0.497 e. The Hall–Kier alpha value is -3.75. The monoisotopic (exact) mass is 478 g/mol. The summed E-state index contributed by atoms with van der Waals surface area (Å²) < 4.78 is 5.33. The molecule has 3 heterocycles. The highest BCUT2D eigenvalue weighted by atomic mass is 35.5. The van der Waals surface area contributed by atoms with Gasteiger partial charge in [0.1, 0.15) is 10.6 Å². The van der Waals surface area contributed by atoms with Gasteiger partial charge in [-0.15, -0.1) is 23.7 Å². The van der Waals surface area contributed by atoms with Crippen molar-refractivity contribution in [2.24, 2.45) is 0 Å². The number of halogens is 1. The molecule has 1 aliphatic heterocycles. The Morgan fingerprint density at radius 3 is 2.45 bits per heavy atom. The molecular formula is C24H19ClN4O3S. The molecule has 1 aliphatic rings. The molecule has 0 radical (unpaired) electrons. The van der Waals surface area contributed by atoms with Gasteiger partial charge in [-0.1, -0.05) is 42.5 Å². The molecule has 2 aromatic carbocycles. The lowest BCUT2D eigenvalue weighted by Crippen LogP contribution is -2.36. The molecule has 9 heteroatoms. The van der Waals surface area contributed by atoms with Crippen molar-refractivity contribution in [2.75, 3.05) is 12.5 Å². The molecule has 0 unspecified atom stereocenters. The number of fused-ring (bicyclic) bond motifs is 1. The van der Waals surface area contributed by atoms with Gasteiger partial charge in [0.2, 0.25) is 0 Å². The molecule has 7 nitrogen and oxygen atoms in total. The molecule has 0 fully saturated rings. The average Bonchev–Trinajstić information content (AvgIpc) is 3.36. The van der Waals surface area contributed by atoms with Crippen LogP contribution in [-0.2, 0) is 9.59 Å². The van der Waals surface area contributed by atoms with Gasteiger partial charge in [0.05, 0.1) is 12.5 Å². The van der Waals surface area contributed by atoms with E-state index in [4.69, 9.17) is 14.7 Å². The smallest absolute Gasteiger partial charge is 0.275 e. The Balaban J connectivity index is 0.00000259. The van der Waals surface area contributed by atoms with Gasteiger partial charge in [-0.25, -0.2) is 9.97 Å². The van der Waals surface area contributed by atoms with Gasteiger partial charge in [0, 0.05) is 28.2 Å². The molecule has 1 N–H and O–H groups in total. The number of ether oxygens (including phenoxy) is 1. The fourth-order valence-electron chi connectivity index (χ4n) is 3.54. The highest BCUT2D eigenvalue weighted by molar-refractivity contribution is 7.17. The number of thiophene rings is 1. The third-order valence-electron chi connectivity index (χ3n) is 5.16. The molecule has 33 heavy (non-hydrogen) atoms. The molecule has 0 spiro atoms. The van der Waals surface area contributed by atoms with Crippen LogP contribution in [0.15, 0.2) is 71.6 Å². The van der Waals surface area contributed by atoms with Crippen LogP contribution in [0.5, 0.6) is 5.75 Å². The first-order valence-corrected chi connectivity index (χ1v) is 10.8. The molecule has 2 amide bonds. The van der Waals surface area contributed by atoms with Crippen LogP contribution >= 0.6 is 23.7 Å². The summed E-state index contributed by atoms with van der Waals surface area (Å²) in [6, 6.07) is 17.3. The van der Waals surface area contributed by atoms with Crippen LogP contribution < -0.4 is 10.2 Å². The van der Waals surface area contributed by atoms with Crippen LogP contribution in [0.2, 0.25) is 0 Å². The van der Waals surface area contributed by atoms with E-state index in [1.165, 1.54) is 17.4 Å². The highest BCUT2D eigenvalue weighted by Crippen LogP contribution is 2.38. The van der Waals surface area contributed by atoms with Gasteiger partial charge >= 0.3 is 0 Å². The van der Waals surface area contributed by atoms with E-state index >= 15 is 0 Å². The minimum absolute atomic E-state index is 0. The lowest BCUT2D eigenvalue weighted by atomic mass is 10.1. The zero-order chi connectivity index (χ0) is 22.2. The lowest BCUT2D eigenvalue weighted by molar-refractivity contribution is -0.135. The molecule has 4 aromatic rings. The molecule has 0 saturated heterocycles. The van der Waals surface area contributed by atoms with E-state index in [1.807, 2.05) is 60.0 Å². The summed E-state index contributed by atoms with van der Waals surface area (Å²) in [5.41, 5.74) is 6.01. The fraction of sp³-hybridized carbons (Fsp3) is 0.0833. The number of benzene rings is 2. The summed E-state index contributed by atoms with van der Waals surface area (Å²) in [6.45, 7) is 1.61. The Bertz CT molecular complexity index is 1400. The second-order valence-electron chi connectivity index (χ2n) is 7.24. The predicted octanol–water partition coefficient (Wildman–Crippen LogP) is 5.10. The molecule has 0 saturated carbocycles. The standard InChI is InChI=1S/C24H18N4O3S.ClH/c1-14-11-19(29)28(24(14)30)27-22-20-18(15-7-4-3-5-8-15)13-32-23(20)26-21(25-22)16-9-6-10-17(12-16)31-2;/h3-13H,1-2H3,(H,25,26,27);1H. The van der Waals surface area contributed by atoms with E-state index in [0.29, 0.717) is 23.0 Å². The number of imide groups is 1. The number of hydrazine groups is 1. The fourth-order valence-corrected chi connectivity index (χ4v) is 4.49.